The van der Waals surface area contributed by atoms with Crippen molar-refractivity contribution in [3.8, 4) is 0 Å². The summed E-state index contributed by atoms with van der Waals surface area (Å²) in [5.74, 6) is -0.189. The van der Waals surface area contributed by atoms with Crippen LogP contribution in [-0.4, -0.2) is 27.0 Å². The standard InChI is InChI=1S/C12H8Cl2N4O/c13-10-11(14)18(6-15-10)5-9-16-8-4-2-1-3-7(8)12(19)17-9/h1-4,6-7H,5H2. The predicted molar refractivity (Wildman–Crippen MR) is 73.9 cm³/mol. The molecule has 0 fully saturated rings. The minimum atomic E-state index is -0.365. The zero-order chi connectivity index (χ0) is 13.4. The molecule has 1 aliphatic heterocycles. The molecule has 2 heterocycles. The second-order valence-corrected chi connectivity index (χ2v) is 4.79. The molecule has 5 nitrogen and oxygen atoms in total. The van der Waals surface area contributed by atoms with Gasteiger partial charge in [0.2, 0.25) is 0 Å². The minimum Gasteiger partial charge on any atom is -0.313 e. The second-order valence-electron chi connectivity index (χ2n) is 4.08. The number of rotatable bonds is 2. The van der Waals surface area contributed by atoms with Crippen LogP contribution in [0.2, 0.25) is 10.3 Å². The molecular weight excluding hydrogens is 287 g/mol. The normalized spacial score (nSPS) is 21.2. The summed E-state index contributed by atoms with van der Waals surface area (Å²) >= 11 is 11.7. The summed E-state index contributed by atoms with van der Waals surface area (Å²) in [6, 6.07) is 0. The number of imidazole rings is 1. The lowest BCUT2D eigenvalue weighted by molar-refractivity contribution is -0.118. The highest BCUT2D eigenvalue weighted by Gasteiger charge is 2.26. The molecule has 0 spiro atoms. The third kappa shape index (κ3) is 2.27. The van der Waals surface area contributed by atoms with Gasteiger partial charge in [-0.3, -0.25) is 4.79 Å². The van der Waals surface area contributed by atoms with E-state index in [1.807, 2.05) is 12.2 Å². The van der Waals surface area contributed by atoms with Crippen molar-refractivity contribution in [3.63, 3.8) is 0 Å². The van der Waals surface area contributed by atoms with Crippen molar-refractivity contribution >= 4 is 40.7 Å². The largest absolute Gasteiger partial charge is 0.313 e. The fourth-order valence-corrected chi connectivity index (χ4v) is 2.20. The van der Waals surface area contributed by atoms with Crippen molar-refractivity contribution in [3.05, 3.63) is 40.9 Å². The molecule has 1 atom stereocenters. The van der Waals surface area contributed by atoms with Crippen LogP contribution in [-0.2, 0) is 11.3 Å². The highest BCUT2D eigenvalue weighted by molar-refractivity contribution is 6.40. The van der Waals surface area contributed by atoms with Crippen LogP contribution in [0.25, 0.3) is 0 Å². The fourth-order valence-electron chi connectivity index (χ4n) is 1.89. The van der Waals surface area contributed by atoms with Gasteiger partial charge in [-0.2, -0.15) is 4.99 Å². The smallest absolute Gasteiger partial charge is 0.260 e. The summed E-state index contributed by atoms with van der Waals surface area (Å²) in [5.41, 5.74) is 0.694. The van der Waals surface area contributed by atoms with Crippen molar-refractivity contribution in [1.29, 1.82) is 0 Å². The molecule has 1 unspecified atom stereocenters. The average molecular weight is 295 g/mol. The zero-order valence-corrected chi connectivity index (χ0v) is 11.1. The van der Waals surface area contributed by atoms with Gasteiger partial charge in [0.15, 0.2) is 11.0 Å². The van der Waals surface area contributed by atoms with E-state index >= 15 is 0 Å². The van der Waals surface area contributed by atoms with Crippen molar-refractivity contribution in [2.75, 3.05) is 0 Å². The molecule has 1 aromatic rings. The number of fused-ring (bicyclic) bond motifs is 1. The number of allylic oxidation sites excluding steroid dienone is 3. The van der Waals surface area contributed by atoms with Crippen LogP contribution in [0.5, 0.6) is 0 Å². The first-order valence-electron chi connectivity index (χ1n) is 5.56. The van der Waals surface area contributed by atoms with E-state index in [1.165, 1.54) is 6.33 Å². The van der Waals surface area contributed by atoms with E-state index in [0.717, 1.165) is 0 Å². The lowest BCUT2D eigenvalue weighted by Gasteiger charge is -2.17. The highest BCUT2D eigenvalue weighted by Crippen LogP contribution is 2.21. The quantitative estimate of drug-likeness (QED) is 0.840. The molecule has 0 N–H and O–H groups in total. The van der Waals surface area contributed by atoms with Crippen molar-refractivity contribution in [2.45, 2.75) is 6.54 Å². The molecule has 7 heteroatoms. The lowest BCUT2D eigenvalue weighted by atomic mass is 9.96. The number of hydrogen-bond donors (Lipinski definition) is 0. The first kappa shape index (κ1) is 12.3. The predicted octanol–water partition coefficient (Wildman–Crippen LogP) is 2.31. The zero-order valence-electron chi connectivity index (χ0n) is 9.62. The number of halogens is 2. The number of amidine groups is 1. The number of amides is 1. The highest BCUT2D eigenvalue weighted by atomic mass is 35.5. The Bertz CT molecular complexity index is 669. The van der Waals surface area contributed by atoms with Crippen LogP contribution in [0.4, 0.5) is 0 Å². The molecule has 0 aromatic carbocycles. The maximum atomic E-state index is 11.9. The van der Waals surface area contributed by atoms with E-state index in [-0.39, 0.29) is 23.5 Å². The van der Waals surface area contributed by atoms with Gasteiger partial charge in [0.1, 0.15) is 11.1 Å². The number of aromatic nitrogens is 2. The number of aliphatic imine (C=N–C) groups is 2. The van der Waals surface area contributed by atoms with Crippen LogP contribution in [0.1, 0.15) is 0 Å². The third-order valence-electron chi connectivity index (χ3n) is 2.81. The third-order valence-corrected chi connectivity index (χ3v) is 3.58. The number of carbonyl (C=O) groups excluding carboxylic acids is 1. The molecule has 1 aromatic heterocycles. The monoisotopic (exact) mass is 294 g/mol. The van der Waals surface area contributed by atoms with Crippen LogP contribution in [0.3, 0.4) is 0 Å². The molecule has 96 valence electrons. The molecule has 0 bridgehead atoms. The van der Waals surface area contributed by atoms with E-state index in [4.69, 9.17) is 23.2 Å². The van der Waals surface area contributed by atoms with Gasteiger partial charge in [0.25, 0.3) is 5.91 Å². The van der Waals surface area contributed by atoms with Gasteiger partial charge in [0, 0.05) is 0 Å². The van der Waals surface area contributed by atoms with Crippen molar-refractivity contribution in [1.82, 2.24) is 9.55 Å². The van der Waals surface area contributed by atoms with Crippen molar-refractivity contribution in [2.24, 2.45) is 15.9 Å². The molecular formula is C12H8Cl2N4O. The molecule has 1 aliphatic carbocycles. The minimum absolute atomic E-state index is 0.218. The Morgan fingerprint density at radius 2 is 2.11 bits per heavy atom. The number of nitrogens with zero attached hydrogens (tertiary/aromatic N) is 4. The van der Waals surface area contributed by atoms with Gasteiger partial charge in [-0.15, -0.1) is 0 Å². The fraction of sp³-hybridized carbons (Fsp3) is 0.167. The molecule has 0 saturated heterocycles. The van der Waals surface area contributed by atoms with Crippen molar-refractivity contribution < 1.29 is 4.79 Å². The average Bonchev–Trinajstić information content (AvgIpc) is 2.71. The first-order chi connectivity index (χ1) is 9.15. The summed E-state index contributed by atoms with van der Waals surface area (Å²) in [5, 5.41) is 0.522. The first-order valence-corrected chi connectivity index (χ1v) is 6.32. The summed E-state index contributed by atoms with van der Waals surface area (Å²) in [6.45, 7) is 0.262. The molecule has 0 radical (unpaired) electrons. The molecule has 3 rings (SSSR count). The Balaban J connectivity index is 1.89. The van der Waals surface area contributed by atoms with Gasteiger partial charge in [-0.1, -0.05) is 41.4 Å². The second kappa shape index (κ2) is 4.75. The van der Waals surface area contributed by atoms with Crippen LogP contribution in [0.15, 0.2) is 40.6 Å². The summed E-state index contributed by atoms with van der Waals surface area (Å²) < 4.78 is 1.59. The Hall–Kier alpha value is -1.72. The maximum Gasteiger partial charge on any atom is 0.260 e. The van der Waals surface area contributed by atoms with E-state index in [0.29, 0.717) is 16.7 Å². The van der Waals surface area contributed by atoms with Crippen LogP contribution in [0, 0.1) is 5.92 Å². The molecule has 19 heavy (non-hydrogen) atoms. The molecule has 0 saturated carbocycles. The summed E-state index contributed by atoms with van der Waals surface area (Å²) in [4.78, 5) is 24.1. The SMILES string of the molecule is O=C1N=C(Cn2cnc(Cl)c2Cl)N=C2C=CC=CC12. The van der Waals surface area contributed by atoms with Gasteiger partial charge in [-0.05, 0) is 6.08 Å². The van der Waals surface area contributed by atoms with Gasteiger partial charge >= 0.3 is 0 Å². The van der Waals surface area contributed by atoms with Gasteiger partial charge < -0.3 is 4.57 Å². The van der Waals surface area contributed by atoms with E-state index in [9.17, 15) is 4.79 Å². The van der Waals surface area contributed by atoms with Gasteiger partial charge in [-0.25, -0.2) is 9.98 Å². The summed E-state index contributed by atoms with van der Waals surface area (Å²) in [7, 11) is 0. The van der Waals surface area contributed by atoms with E-state index < -0.39 is 0 Å². The topological polar surface area (TPSA) is 59.6 Å². The van der Waals surface area contributed by atoms with Gasteiger partial charge in [0.05, 0.1) is 18.6 Å². The Morgan fingerprint density at radius 3 is 2.84 bits per heavy atom. The molecule has 1 amide bonds. The molecule has 2 aliphatic rings. The number of carbonyl (C=O) groups is 1. The maximum absolute atomic E-state index is 11.9. The summed E-state index contributed by atoms with van der Waals surface area (Å²) in [6.07, 6.45) is 8.73. The Labute approximate surface area is 119 Å². The van der Waals surface area contributed by atoms with Crippen LogP contribution >= 0.6 is 23.2 Å². The van der Waals surface area contributed by atoms with E-state index in [1.54, 1.807) is 16.7 Å². The Morgan fingerprint density at radius 1 is 1.26 bits per heavy atom. The Kier molecular flexibility index (Phi) is 3.08. The lowest BCUT2D eigenvalue weighted by Crippen LogP contribution is -2.28. The number of hydrogen-bond acceptors (Lipinski definition) is 3. The van der Waals surface area contributed by atoms with E-state index in [2.05, 4.69) is 15.0 Å². The van der Waals surface area contributed by atoms with Crippen LogP contribution < -0.4 is 0 Å².